The third-order valence-electron chi connectivity index (χ3n) is 3.07. The summed E-state index contributed by atoms with van der Waals surface area (Å²) in [5.41, 5.74) is 8.99. The second-order valence-corrected chi connectivity index (χ2v) is 5.78. The minimum Gasteiger partial charge on any atom is -0.369 e. The average Bonchev–Trinajstić information content (AvgIpc) is 2.69. The first-order chi connectivity index (χ1) is 9.47. The lowest BCUT2D eigenvalue weighted by atomic mass is 10.2. The Balaban J connectivity index is 2.38. The molecule has 0 aliphatic rings. The molecule has 0 saturated heterocycles. The molecule has 1 heterocycles. The fourth-order valence-corrected chi connectivity index (χ4v) is 2.72. The summed E-state index contributed by atoms with van der Waals surface area (Å²) in [4.78, 5) is 4.23. The molecule has 3 aromatic rings. The van der Waals surface area contributed by atoms with E-state index in [4.69, 9.17) is 17.3 Å². The highest BCUT2D eigenvalue weighted by atomic mass is 79.9. The van der Waals surface area contributed by atoms with Crippen molar-refractivity contribution in [2.24, 2.45) is 0 Å². The van der Waals surface area contributed by atoms with Gasteiger partial charge in [-0.15, -0.1) is 0 Å². The van der Waals surface area contributed by atoms with Gasteiger partial charge in [-0.2, -0.15) is 0 Å². The van der Waals surface area contributed by atoms with Gasteiger partial charge in [-0.1, -0.05) is 17.7 Å². The van der Waals surface area contributed by atoms with E-state index < -0.39 is 5.82 Å². The fourth-order valence-electron chi connectivity index (χ4n) is 2.14. The van der Waals surface area contributed by atoms with Crippen molar-refractivity contribution in [2.75, 3.05) is 5.73 Å². The van der Waals surface area contributed by atoms with Crippen molar-refractivity contribution in [3.05, 3.63) is 51.2 Å². The molecule has 20 heavy (non-hydrogen) atoms. The van der Waals surface area contributed by atoms with Crippen LogP contribution in [-0.2, 0) is 0 Å². The summed E-state index contributed by atoms with van der Waals surface area (Å²) in [6, 6.07) is 8.66. The van der Waals surface area contributed by atoms with Gasteiger partial charge in [0.15, 0.2) is 0 Å². The summed E-state index contributed by atoms with van der Waals surface area (Å²) in [5.74, 6) is -0.211. The van der Waals surface area contributed by atoms with E-state index in [0.717, 1.165) is 15.7 Å². The number of nitrogens with zero attached hydrogens (tertiary/aromatic N) is 2. The Kier molecular flexibility index (Phi) is 3.18. The van der Waals surface area contributed by atoms with Gasteiger partial charge in [0.2, 0.25) is 5.95 Å². The lowest BCUT2D eigenvalue weighted by molar-refractivity contribution is 0.629. The van der Waals surface area contributed by atoms with E-state index in [1.165, 1.54) is 12.1 Å². The monoisotopic (exact) mass is 353 g/mol. The van der Waals surface area contributed by atoms with Crippen LogP contribution in [0.4, 0.5) is 10.3 Å². The highest BCUT2D eigenvalue weighted by molar-refractivity contribution is 9.10. The van der Waals surface area contributed by atoms with E-state index in [1.54, 1.807) is 4.57 Å². The Morgan fingerprint density at radius 2 is 2.05 bits per heavy atom. The van der Waals surface area contributed by atoms with Gasteiger partial charge >= 0.3 is 0 Å². The minimum atomic E-state index is -0.496. The number of nitrogen functional groups attached to an aromatic ring is 1. The normalized spacial score (nSPS) is 11.2. The molecule has 0 aliphatic heterocycles. The molecule has 0 atom stereocenters. The number of imidazole rings is 1. The number of hydrogen-bond acceptors (Lipinski definition) is 2. The summed E-state index contributed by atoms with van der Waals surface area (Å²) in [7, 11) is 0. The number of hydrogen-bond donors (Lipinski definition) is 1. The number of halogens is 3. The molecule has 1 aromatic heterocycles. The lowest BCUT2D eigenvalue weighted by Gasteiger charge is -2.10. The molecule has 0 unspecified atom stereocenters. The average molecular weight is 355 g/mol. The number of fused-ring (bicyclic) bond motifs is 1. The molecule has 2 aromatic carbocycles. The first-order valence-corrected chi connectivity index (χ1v) is 7.04. The summed E-state index contributed by atoms with van der Waals surface area (Å²) in [5, 5.41) is 0.0328. The van der Waals surface area contributed by atoms with Crippen LogP contribution in [0.2, 0.25) is 5.02 Å². The van der Waals surface area contributed by atoms with Gasteiger partial charge in [0.05, 0.1) is 21.7 Å². The molecule has 0 aliphatic carbocycles. The lowest BCUT2D eigenvalue weighted by Crippen LogP contribution is -2.02. The Morgan fingerprint density at radius 3 is 2.80 bits per heavy atom. The van der Waals surface area contributed by atoms with E-state index in [9.17, 15) is 4.39 Å². The van der Waals surface area contributed by atoms with Gasteiger partial charge in [0.25, 0.3) is 0 Å². The van der Waals surface area contributed by atoms with Crippen LogP contribution >= 0.6 is 27.5 Å². The SMILES string of the molecule is Cc1ccc(Br)c(-n2c(N)nc3cc(Cl)c(F)cc32)c1. The zero-order valence-corrected chi connectivity index (χ0v) is 12.8. The molecule has 0 saturated carbocycles. The Bertz CT molecular complexity index is 829. The smallest absolute Gasteiger partial charge is 0.205 e. The molecule has 3 nitrogen and oxygen atoms in total. The predicted octanol–water partition coefficient (Wildman–Crippen LogP) is 4.47. The first-order valence-electron chi connectivity index (χ1n) is 5.87. The molecule has 0 fully saturated rings. The van der Waals surface area contributed by atoms with Gasteiger partial charge < -0.3 is 5.73 Å². The second kappa shape index (κ2) is 4.75. The topological polar surface area (TPSA) is 43.8 Å². The molecular formula is C14H10BrClFN3. The van der Waals surface area contributed by atoms with Crippen LogP contribution in [0.1, 0.15) is 5.56 Å². The number of aryl methyl sites for hydroxylation is 1. The highest BCUT2D eigenvalue weighted by Crippen LogP contribution is 2.31. The number of anilines is 1. The van der Waals surface area contributed by atoms with E-state index in [0.29, 0.717) is 11.0 Å². The Morgan fingerprint density at radius 1 is 1.30 bits per heavy atom. The molecule has 0 amide bonds. The van der Waals surface area contributed by atoms with Crippen molar-refractivity contribution in [2.45, 2.75) is 6.92 Å². The largest absolute Gasteiger partial charge is 0.369 e. The number of aromatic nitrogens is 2. The molecule has 2 N–H and O–H groups in total. The molecule has 0 spiro atoms. The van der Waals surface area contributed by atoms with Crippen LogP contribution in [0, 0.1) is 12.7 Å². The van der Waals surface area contributed by atoms with Crippen LogP contribution in [0.15, 0.2) is 34.8 Å². The van der Waals surface area contributed by atoms with Crippen LogP contribution in [-0.4, -0.2) is 9.55 Å². The van der Waals surface area contributed by atoms with E-state index in [1.807, 2.05) is 25.1 Å². The molecular weight excluding hydrogens is 345 g/mol. The van der Waals surface area contributed by atoms with E-state index >= 15 is 0 Å². The highest BCUT2D eigenvalue weighted by Gasteiger charge is 2.15. The third-order valence-corrected chi connectivity index (χ3v) is 4.03. The minimum absolute atomic E-state index is 0.0328. The van der Waals surface area contributed by atoms with Crippen LogP contribution in [0.5, 0.6) is 0 Å². The van der Waals surface area contributed by atoms with Gasteiger partial charge in [0, 0.05) is 10.5 Å². The van der Waals surface area contributed by atoms with Crippen LogP contribution in [0.3, 0.4) is 0 Å². The number of benzene rings is 2. The summed E-state index contributed by atoms with van der Waals surface area (Å²) in [6.45, 7) is 1.97. The standard InChI is InChI=1S/C14H10BrClFN3/c1-7-2-3-8(15)12(4-7)20-13-6-10(17)9(16)5-11(13)19-14(20)18/h2-6H,1H3,(H2,18,19). The van der Waals surface area contributed by atoms with Crippen molar-refractivity contribution in [3.8, 4) is 5.69 Å². The predicted molar refractivity (Wildman–Crippen MR) is 82.9 cm³/mol. The summed E-state index contributed by atoms with van der Waals surface area (Å²) >= 11 is 9.26. The van der Waals surface area contributed by atoms with Crippen molar-refractivity contribution in [3.63, 3.8) is 0 Å². The summed E-state index contributed by atoms with van der Waals surface area (Å²) < 4.78 is 16.3. The van der Waals surface area contributed by atoms with Crippen LogP contribution < -0.4 is 5.73 Å². The van der Waals surface area contributed by atoms with Gasteiger partial charge in [-0.25, -0.2) is 9.37 Å². The van der Waals surface area contributed by atoms with Crippen molar-refractivity contribution in [1.82, 2.24) is 9.55 Å². The zero-order chi connectivity index (χ0) is 14.4. The maximum atomic E-state index is 13.7. The Labute approximate surface area is 128 Å². The van der Waals surface area contributed by atoms with Crippen LogP contribution in [0.25, 0.3) is 16.7 Å². The maximum Gasteiger partial charge on any atom is 0.205 e. The van der Waals surface area contributed by atoms with Crippen molar-refractivity contribution >= 4 is 44.5 Å². The molecule has 0 bridgehead atoms. The third kappa shape index (κ3) is 2.07. The molecule has 6 heteroatoms. The van der Waals surface area contributed by atoms with Crippen molar-refractivity contribution < 1.29 is 4.39 Å². The molecule has 3 rings (SSSR count). The van der Waals surface area contributed by atoms with Gasteiger partial charge in [0.1, 0.15) is 5.82 Å². The maximum absolute atomic E-state index is 13.7. The van der Waals surface area contributed by atoms with E-state index in [2.05, 4.69) is 20.9 Å². The molecule has 102 valence electrons. The van der Waals surface area contributed by atoms with E-state index in [-0.39, 0.29) is 11.0 Å². The van der Waals surface area contributed by atoms with Crippen molar-refractivity contribution in [1.29, 1.82) is 0 Å². The number of rotatable bonds is 1. The summed E-state index contributed by atoms with van der Waals surface area (Å²) in [6.07, 6.45) is 0. The zero-order valence-electron chi connectivity index (χ0n) is 10.5. The first kappa shape index (κ1) is 13.4. The second-order valence-electron chi connectivity index (χ2n) is 4.52. The van der Waals surface area contributed by atoms with Gasteiger partial charge in [-0.05, 0) is 46.6 Å². The number of nitrogens with two attached hydrogens (primary N) is 1. The van der Waals surface area contributed by atoms with Gasteiger partial charge in [-0.3, -0.25) is 4.57 Å². The Hall–Kier alpha value is -1.59. The quantitative estimate of drug-likeness (QED) is 0.700. The fraction of sp³-hybridized carbons (Fsp3) is 0.0714. The molecule has 0 radical (unpaired) electrons.